The van der Waals surface area contributed by atoms with Crippen molar-refractivity contribution in [2.75, 3.05) is 6.61 Å². The molecule has 0 aliphatic heterocycles. The van der Waals surface area contributed by atoms with Gasteiger partial charge in [0, 0.05) is 6.92 Å². The van der Waals surface area contributed by atoms with E-state index in [0.717, 1.165) is 6.92 Å². The van der Waals surface area contributed by atoms with Crippen LogP contribution in [0, 0.1) is 0 Å². The van der Waals surface area contributed by atoms with Crippen LogP contribution in [0.15, 0.2) is 0 Å². The van der Waals surface area contributed by atoms with E-state index in [-0.39, 0.29) is 6.29 Å². The van der Waals surface area contributed by atoms with Crippen molar-refractivity contribution < 1.29 is 29.6 Å². The van der Waals surface area contributed by atoms with Gasteiger partial charge in [-0.05, 0) is 0 Å². The molecule has 7 heteroatoms. The summed E-state index contributed by atoms with van der Waals surface area (Å²) < 4.78 is 4.57. The third kappa shape index (κ3) is 4.34. The molecule has 0 unspecified atom stereocenters. The molecule has 0 rings (SSSR count). The number of hydrogen-bond donors (Lipinski definition) is 4. The van der Waals surface area contributed by atoms with Gasteiger partial charge in [-0.3, -0.25) is 4.79 Å². The van der Waals surface area contributed by atoms with Crippen molar-refractivity contribution in [2.24, 2.45) is 5.73 Å². The third-order valence-electron chi connectivity index (χ3n) is 1.76. The third-order valence-corrected chi connectivity index (χ3v) is 1.76. The molecule has 0 aliphatic carbocycles. The minimum atomic E-state index is -1.61. The van der Waals surface area contributed by atoms with Gasteiger partial charge in [0.2, 0.25) is 0 Å². The predicted octanol–water partition coefficient (Wildman–Crippen LogP) is -2.84. The molecule has 88 valence electrons. The minimum Gasteiger partial charge on any atom is -0.458 e. The molecule has 5 N–H and O–H groups in total. The molecule has 0 aromatic rings. The summed E-state index contributed by atoms with van der Waals surface area (Å²) in [7, 11) is 0. The fourth-order valence-corrected chi connectivity index (χ4v) is 0.972. The van der Waals surface area contributed by atoms with E-state index in [9.17, 15) is 14.7 Å². The number of aliphatic hydroxyl groups excluding tert-OH is 3. The van der Waals surface area contributed by atoms with Crippen LogP contribution in [0.5, 0.6) is 0 Å². The smallest absolute Gasteiger partial charge is 0.303 e. The van der Waals surface area contributed by atoms with Crippen LogP contribution in [0.4, 0.5) is 0 Å². The van der Waals surface area contributed by atoms with Crippen molar-refractivity contribution >= 4 is 12.3 Å². The molecule has 0 fully saturated rings. The highest BCUT2D eigenvalue weighted by Crippen LogP contribution is 2.07. The first-order valence-electron chi connectivity index (χ1n) is 4.29. The number of carbonyl (C=O) groups is 2. The predicted molar refractivity (Wildman–Crippen MR) is 48.7 cm³/mol. The number of aldehydes is 1. The minimum absolute atomic E-state index is 0.279. The molecule has 0 bridgehead atoms. The normalized spacial score (nSPS) is 18.7. The first kappa shape index (κ1) is 14.0. The average molecular weight is 221 g/mol. The SMILES string of the molecule is CC(=O)O[C@@H]([C@@H](O)[C@H](O)CO)[C@@H](N)C=O. The van der Waals surface area contributed by atoms with Gasteiger partial charge in [-0.15, -0.1) is 0 Å². The van der Waals surface area contributed by atoms with E-state index < -0.39 is 36.9 Å². The van der Waals surface area contributed by atoms with Crippen LogP contribution in [-0.2, 0) is 14.3 Å². The fourth-order valence-electron chi connectivity index (χ4n) is 0.972. The molecule has 4 atom stereocenters. The molecule has 15 heavy (non-hydrogen) atoms. The summed E-state index contributed by atoms with van der Waals surface area (Å²) in [4.78, 5) is 21.0. The standard InChI is InChI=1S/C8H15NO6/c1-4(12)15-8(5(9)2-10)7(14)6(13)3-11/h2,5-8,11,13-14H,3,9H2,1H3/t5-,6+,7-,8+/m0/s1. The van der Waals surface area contributed by atoms with E-state index in [1.165, 1.54) is 0 Å². The molecule has 0 radical (unpaired) electrons. The molecule has 0 amide bonds. The Kier molecular flexibility index (Phi) is 6.02. The molecule has 0 saturated carbocycles. The topological polar surface area (TPSA) is 130 Å². The Morgan fingerprint density at radius 1 is 1.53 bits per heavy atom. The van der Waals surface area contributed by atoms with E-state index in [2.05, 4.69) is 4.74 Å². The van der Waals surface area contributed by atoms with Gasteiger partial charge in [-0.2, -0.15) is 0 Å². The summed E-state index contributed by atoms with van der Waals surface area (Å²) in [6.45, 7) is 0.340. The number of ether oxygens (including phenoxy) is 1. The Balaban J connectivity index is 4.60. The number of esters is 1. The molecule has 0 spiro atoms. The molecule has 0 aromatic carbocycles. The van der Waals surface area contributed by atoms with Crippen LogP contribution in [0.3, 0.4) is 0 Å². The maximum atomic E-state index is 10.6. The zero-order valence-electron chi connectivity index (χ0n) is 8.24. The summed E-state index contributed by atoms with van der Waals surface area (Å²) in [5.41, 5.74) is 5.26. The summed E-state index contributed by atoms with van der Waals surface area (Å²) in [6, 6.07) is -1.26. The highest BCUT2D eigenvalue weighted by Gasteiger charge is 2.33. The van der Waals surface area contributed by atoms with Crippen LogP contribution in [-0.4, -0.2) is 58.5 Å². The lowest BCUT2D eigenvalue weighted by Gasteiger charge is -2.27. The number of rotatable bonds is 6. The van der Waals surface area contributed by atoms with Crippen LogP contribution in [0.2, 0.25) is 0 Å². The second-order valence-electron chi connectivity index (χ2n) is 3.03. The maximum Gasteiger partial charge on any atom is 0.303 e. The van der Waals surface area contributed by atoms with Gasteiger partial charge in [0.15, 0.2) is 6.10 Å². The van der Waals surface area contributed by atoms with E-state index in [0.29, 0.717) is 0 Å². The lowest BCUT2D eigenvalue weighted by Crippen LogP contribution is -2.52. The van der Waals surface area contributed by atoms with Gasteiger partial charge in [-0.1, -0.05) is 0 Å². The molecular formula is C8H15NO6. The highest BCUT2D eigenvalue weighted by molar-refractivity contribution is 5.67. The molecule has 0 saturated heterocycles. The summed E-state index contributed by atoms with van der Waals surface area (Å²) in [6.07, 6.45) is -4.23. The van der Waals surface area contributed by atoms with Crippen molar-refractivity contribution in [3.05, 3.63) is 0 Å². The number of carbonyl (C=O) groups excluding carboxylic acids is 2. The first-order chi connectivity index (χ1) is 6.93. The van der Waals surface area contributed by atoms with Crippen LogP contribution < -0.4 is 5.73 Å². The van der Waals surface area contributed by atoms with Gasteiger partial charge in [0.1, 0.15) is 24.5 Å². The second-order valence-corrected chi connectivity index (χ2v) is 3.03. The summed E-state index contributed by atoms with van der Waals surface area (Å²) >= 11 is 0. The van der Waals surface area contributed by atoms with Crippen molar-refractivity contribution in [3.63, 3.8) is 0 Å². The van der Waals surface area contributed by atoms with Crippen LogP contribution in [0.1, 0.15) is 6.92 Å². The van der Waals surface area contributed by atoms with Crippen molar-refractivity contribution in [2.45, 2.75) is 31.3 Å². The largest absolute Gasteiger partial charge is 0.458 e. The summed E-state index contributed by atoms with van der Waals surface area (Å²) in [5, 5.41) is 27.1. The van der Waals surface area contributed by atoms with E-state index in [1.54, 1.807) is 0 Å². The Bertz CT molecular complexity index is 221. The highest BCUT2D eigenvalue weighted by atomic mass is 16.6. The van der Waals surface area contributed by atoms with E-state index >= 15 is 0 Å². The van der Waals surface area contributed by atoms with Gasteiger partial charge in [0.05, 0.1) is 6.61 Å². The first-order valence-corrected chi connectivity index (χ1v) is 4.29. The molecule has 0 aliphatic rings. The van der Waals surface area contributed by atoms with Crippen LogP contribution in [0.25, 0.3) is 0 Å². The average Bonchev–Trinajstić information content (AvgIpc) is 2.22. The Hall–Kier alpha value is -1.02. The van der Waals surface area contributed by atoms with Crippen molar-refractivity contribution in [1.82, 2.24) is 0 Å². The molecular weight excluding hydrogens is 206 g/mol. The Labute approximate surface area is 86.5 Å². The van der Waals surface area contributed by atoms with E-state index in [4.69, 9.17) is 15.9 Å². The van der Waals surface area contributed by atoms with Crippen molar-refractivity contribution in [3.8, 4) is 0 Å². The zero-order chi connectivity index (χ0) is 12.0. The number of aliphatic hydroxyl groups is 3. The zero-order valence-corrected chi connectivity index (χ0v) is 8.24. The van der Waals surface area contributed by atoms with Crippen molar-refractivity contribution in [1.29, 1.82) is 0 Å². The Morgan fingerprint density at radius 3 is 2.40 bits per heavy atom. The molecule has 7 nitrogen and oxygen atoms in total. The summed E-state index contributed by atoms with van der Waals surface area (Å²) in [5.74, 6) is -0.749. The Morgan fingerprint density at radius 2 is 2.07 bits per heavy atom. The van der Waals surface area contributed by atoms with Gasteiger partial charge < -0.3 is 30.6 Å². The van der Waals surface area contributed by atoms with Gasteiger partial charge >= 0.3 is 5.97 Å². The van der Waals surface area contributed by atoms with Gasteiger partial charge in [0.25, 0.3) is 0 Å². The lowest BCUT2D eigenvalue weighted by atomic mass is 10.0. The van der Waals surface area contributed by atoms with Gasteiger partial charge in [-0.25, -0.2) is 0 Å². The monoisotopic (exact) mass is 221 g/mol. The number of nitrogens with two attached hydrogens (primary N) is 1. The van der Waals surface area contributed by atoms with E-state index in [1.807, 2.05) is 0 Å². The maximum absolute atomic E-state index is 10.6. The fraction of sp³-hybridized carbons (Fsp3) is 0.750. The number of hydrogen-bond acceptors (Lipinski definition) is 7. The van der Waals surface area contributed by atoms with Crippen LogP contribution >= 0.6 is 0 Å². The molecule has 0 heterocycles. The molecule has 0 aromatic heterocycles. The quantitative estimate of drug-likeness (QED) is 0.280. The second kappa shape index (κ2) is 6.46. The lowest BCUT2D eigenvalue weighted by molar-refractivity contribution is -0.161.